The highest BCUT2D eigenvalue weighted by molar-refractivity contribution is 5.95. The quantitative estimate of drug-likeness (QED) is 0.313. The van der Waals surface area contributed by atoms with E-state index in [1.165, 1.54) is 25.7 Å². The second kappa shape index (κ2) is 5.17. The molecule has 5 heteroatoms. The molecule has 1 aromatic rings. The van der Waals surface area contributed by atoms with Crippen LogP contribution in [-0.2, 0) is 6.54 Å². The number of pyridine rings is 1. The molecule has 102 valence electrons. The third kappa shape index (κ3) is 3.04. The van der Waals surface area contributed by atoms with Crippen molar-refractivity contribution in [2.75, 3.05) is 0 Å². The highest BCUT2D eigenvalue weighted by Crippen LogP contribution is 2.44. The molecule has 2 fully saturated rings. The van der Waals surface area contributed by atoms with E-state index in [-0.39, 0.29) is 5.84 Å². The molecule has 3 rings (SSSR count). The summed E-state index contributed by atoms with van der Waals surface area (Å²) in [6, 6.07) is 4.53. The maximum Gasteiger partial charge on any atom is 0.188 e. The lowest BCUT2D eigenvalue weighted by Crippen LogP contribution is -2.32. The van der Waals surface area contributed by atoms with E-state index >= 15 is 0 Å². The minimum Gasteiger partial charge on any atom is -0.409 e. The van der Waals surface area contributed by atoms with Crippen molar-refractivity contribution in [1.82, 2.24) is 10.3 Å². The first kappa shape index (κ1) is 12.4. The largest absolute Gasteiger partial charge is 0.409 e. The molecule has 0 radical (unpaired) electrons. The Labute approximate surface area is 112 Å². The Balaban J connectivity index is 1.62. The molecular weight excluding hydrogens is 240 g/mol. The average molecular weight is 260 g/mol. The van der Waals surface area contributed by atoms with Gasteiger partial charge in [-0.3, -0.25) is 4.98 Å². The van der Waals surface area contributed by atoms with Crippen molar-refractivity contribution in [2.45, 2.75) is 38.3 Å². The smallest absolute Gasteiger partial charge is 0.188 e. The van der Waals surface area contributed by atoms with Crippen LogP contribution in [-0.4, -0.2) is 22.1 Å². The van der Waals surface area contributed by atoms with Gasteiger partial charge in [0, 0.05) is 18.8 Å². The number of nitrogens with zero attached hydrogens (tertiary/aromatic N) is 2. The van der Waals surface area contributed by atoms with Crippen molar-refractivity contribution in [3.8, 4) is 0 Å². The molecule has 0 saturated heterocycles. The zero-order valence-electron chi connectivity index (χ0n) is 10.9. The molecule has 4 N–H and O–H groups in total. The molecule has 19 heavy (non-hydrogen) atoms. The van der Waals surface area contributed by atoms with E-state index in [0.29, 0.717) is 11.7 Å². The van der Waals surface area contributed by atoms with Crippen molar-refractivity contribution in [2.24, 2.45) is 22.7 Å². The summed E-state index contributed by atoms with van der Waals surface area (Å²) >= 11 is 0. The van der Waals surface area contributed by atoms with E-state index < -0.39 is 0 Å². The van der Waals surface area contributed by atoms with Crippen LogP contribution < -0.4 is 11.1 Å². The lowest BCUT2D eigenvalue weighted by Gasteiger charge is -2.17. The van der Waals surface area contributed by atoms with Crippen molar-refractivity contribution >= 4 is 5.84 Å². The number of hydrogen-bond donors (Lipinski definition) is 3. The van der Waals surface area contributed by atoms with Gasteiger partial charge in [0.25, 0.3) is 0 Å². The highest BCUT2D eigenvalue weighted by atomic mass is 16.4. The molecule has 5 nitrogen and oxygen atoms in total. The summed E-state index contributed by atoms with van der Waals surface area (Å²) in [6.45, 7) is 0.825. The maximum atomic E-state index is 8.67. The van der Waals surface area contributed by atoms with E-state index in [4.69, 9.17) is 10.9 Å². The fourth-order valence-electron chi connectivity index (χ4n) is 2.64. The van der Waals surface area contributed by atoms with Gasteiger partial charge in [-0.15, -0.1) is 0 Å². The first-order valence-electron chi connectivity index (χ1n) is 6.94. The van der Waals surface area contributed by atoms with E-state index in [9.17, 15) is 0 Å². The minimum atomic E-state index is 0.0581. The van der Waals surface area contributed by atoms with Gasteiger partial charge in [-0.2, -0.15) is 0 Å². The topological polar surface area (TPSA) is 83.5 Å². The van der Waals surface area contributed by atoms with Gasteiger partial charge in [0.2, 0.25) is 0 Å². The summed E-state index contributed by atoms with van der Waals surface area (Å²) in [5.41, 5.74) is 7.20. The van der Waals surface area contributed by atoms with Gasteiger partial charge in [-0.25, -0.2) is 0 Å². The van der Waals surface area contributed by atoms with E-state index in [0.717, 1.165) is 23.9 Å². The second-order valence-electron chi connectivity index (χ2n) is 5.62. The van der Waals surface area contributed by atoms with E-state index in [1.54, 1.807) is 6.20 Å². The molecule has 0 amide bonds. The van der Waals surface area contributed by atoms with Crippen LogP contribution >= 0.6 is 0 Å². The minimum absolute atomic E-state index is 0.0581. The number of aromatic nitrogens is 1. The fraction of sp³-hybridized carbons (Fsp3) is 0.571. The molecule has 2 aliphatic rings. The molecule has 1 aromatic heterocycles. The Morgan fingerprint density at radius 2 is 2.11 bits per heavy atom. The molecule has 1 heterocycles. The normalized spacial score (nSPS) is 19.9. The Bertz CT molecular complexity index is 468. The number of hydrogen-bond acceptors (Lipinski definition) is 4. The number of rotatable bonds is 6. The van der Waals surface area contributed by atoms with Crippen molar-refractivity contribution < 1.29 is 5.21 Å². The van der Waals surface area contributed by atoms with Gasteiger partial charge in [0.05, 0.1) is 0 Å². The molecule has 0 spiro atoms. The Morgan fingerprint density at radius 3 is 2.68 bits per heavy atom. The van der Waals surface area contributed by atoms with Crippen LogP contribution in [0.25, 0.3) is 0 Å². The van der Waals surface area contributed by atoms with Gasteiger partial charge < -0.3 is 16.3 Å². The predicted molar refractivity (Wildman–Crippen MR) is 72.8 cm³/mol. The summed E-state index contributed by atoms with van der Waals surface area (Å²) in [6.07, 6.45) is 7.20. The highest BCUT2D eigenvalue weighted by Gasteiger charge is 2.40. The third-order valence-electron chi connectivity index (χ3n) is 4.00. The first-order chi connectivity index (χ1) is 9.28. The average Bonchev–Trinajstić information content (AvgIpc) is 3.30. The molecule has 0 unspecified atom stereocenters. The molecular formula is C14H20N4O. The van der Waals surface area contributed by atoms with Crippen LogP contribution in [0.5, 0.6) is 0 Å². The van der Waals surface area contributed by atoms with Gasteiger partial charge in [0.1, 0.15) is 5.69 Å². The Hall–Kier alpha value is -1.62. The van der Waals surface area contributed by atoms with Crippen LogP contribution in [0.15, 0.2) is 23.5 Å². The molecule has 0 atom stereocenters. The lowest BCUT2D eigenvalue weighted by molar-refractivity contribution is 0.318. The van der Waals surface area contributed by atoms with Gasteiger partial charge >= 0.3 is 0 Å². The summed E-state index contributed by atoms with van der Waals surface area (Å²) in [5.74, 6) is 1.83. The second-order valence-corrected chi connectivity index (χ2v) is 5.62. The Morgan fingerprint density at radius 1 is 1.42 bits per heavy atom. The molecule has 0 aliphatic heterocycles. The predicted octanol–water partition coefficient (Wildman–Crippen LogP) is 1.45. The zero-order chi connectivity index (χ0) is 13.2. The molecule has 0 aromatic carbocycles. The summed E-state index contributed by atoms with van der Waals surface area (Å²) in [5, 5.41) is 15.3. The monoisotopic (exact) mass is 260 g/mol. The van der Waals surface area contributed by atoms with Crippen LogP contribution in [0, 0.1) is 11.8 Å². The lowest BCUT2D eigenvalue weighted by atomic mass is 10.1. The van der Waals surface area contributed by atoms with Crippen molar-refractivity contribution in [1.29, 1.82) is 0 Å². The number of nitrogens with two attached hydrogens (primary N) is 1. The van der Waals surface area contributed by atoms with Crippen LogP contribution in [0.4, 0.5) is 0 Å². The molecule has 0 bridgehead atoms. The number of amidine groups is 1. The van der Waals surface area contributed by atoms with Gasteiger partial charge in [-0.1, -0.05) is 5.16 Å². The number of nitrogens with one attached hydrogen (secondary N) is 1. The zero-order valence-corrected chi connectivity index (χ0v) is 10.9. The van der Waals surface area contributed by atoms with Crippen molar-refractivity contribution in [3.05, 3.63) is 29.6 Å². The van der Waals surface area contributed by atoms with Crippen molar-refractivity contribution in [3.63, 3.8) is 0 Å². The number of oxime groups is 1. The van der Waals surface area contributed by atoms with Crippen LogP contribution in [0.1, 0.15) is 36.9 Å². The van der Waals surface area contributed by atoms with Gasteiger partial charge in [-0.05, 0) is 55.2 Å². The van der Waals surface area contributed by atoms with Crippen LogP contribution in [0.2, 0.25) is 0 Å². The van der Waals surface area contributed by atoms with E-state index in [2.05, 4.69) is 15.5 Å². The van der Waals surface area contributed by atoms with E-state index in [1.807, 2.05) is 12.1 Å². The third-order valence-corrected chi connectivity index (χ3v) is 4.00. The summed E-state index contributed by atoms with van der Waals surface area (Å²) < 4.78 is 0. The summed E-state index contributed by atoms with van der Waals surface area (Å²) in [7, 11) is 0. The first-order valence-corrected chi connectivity index (χ1v) is 6.94. The Kier molecular flexibility index (Phi) is 3.38. The standard InChI is InChI=1S/C14H20N4O/c15-14(18-19)12-7-9(5-6-16-12)8-17-13(10-1-2-10)11-3-4-11/h5-7,10-11,13,17,19H,1-4,8H2,(H2,15,18). The SMILES string of the molecule is NC(=NO)c1cc(CNC(C2CC2)C2CC2)ccn1. The van der Waals surface area contributed by atoms with Gasteiger partial charge in [0.15, 0.2) is 5.84 Å². The fourth-order valence-corrected chi connectivity index (χ4v) is 2.64. The maximum absolute atomic E-state index is 8.67. The molecule has 2 aliphatic carbocycles. The van der Waals surface area contributed by atoms with Crippen LogP contribution in [0.3, 0.4) is 0 Å². The molecule has 2 saturated carbocycles. The summed E-state index contributed by atoms with van der Waals surface area (Å²) in [4.78, 5) is 4.09.